The van der Waals surface area contributed by atoms with Crippen LogP contribution in [0.4, 0.5) is 10.5 Å². The molecule has 1 aromatic carbocycles. The van der Waals surface area contributed by atoms with Crippen molar-refractivity contribution in [2.24, 2.45) is 5.92 Å². The van der Waals surface area contributed by atoms with Gasteiger partial charge in [0, 0.05) is 23.7 Å². The Balaban J connectivity index is 2.35. The maximum Gasteiger partial charge on any atom is 0.319 e. The number of aliphatic hydroxyl groups excluding tert-OH is 1. The number of carbonyl (C=O) groups excluding carboxylic acids is 1. The molecule has 0 heterocycles. The van der Waals surface area contributed by atoms with Crippen LogP contribution in [0.25, 0.3) is 0 Å². The normalized spacial score (nSPS) is 11.9. The summed E-state index contributed by atoms with van der Waals surface area (Å²) in [7, 11) is 0. The molecule has 0 bridgehead atoms. The van der Waals surface area contributed by atoms with E-state index in [0.717, 1.165) is 10.6 Å². The minimum Gasteiger partial charge on any atom is -0.396 e. The van der Waals surface area contributed by atoms with Crippen molar-refractivity contribution in [1.82, 2.24) is 5.32 Å². The third-order valence-electron chi connectivity index (χ3n) is 2.58. The summed E-state index contributed by atoms with van der Waals surface area (Å²) in [6.07, 6.45) is 2.71. The Hall–Kier alpha value is -1.20. The number of thioether (sulfide) groups is 1. The largest absolute Gasteiger partial charge is 0.396 e. The highest BCUT2D eigenvalue weighted by atomic mass is 32.2. The van der Waals surface area contributed by atoms with E-state index in [-0.39, 0.29) is 18.6 Å². The molecule has 1 unspecified atom stereocenters. The molecule has 3 N–H and O–H groups in total. The summed E-state index contributed by atoms with van der Waals surface area (Å²) in [5, 5.41) is 14.3. The molecule has 0 fully saturated rings. The van der Waals surface area contributed by atoms with E-state index in [1.807, 2.05) is 37.4 Å². The molecule has 0 radical (unpaired) electrons. The monoisotopic (exact) mass is 268 g/mol. The third kappa shape index (κ3) is 5.42. The number of urea groups is 1. The average Bonchev–Trinajstić information content (AvgIpc) is 2.38. The molecule has 1 rings (SSSR count). The van der Waals surface area contributed by atoms with Gasteiger partial charge in [-0.25, -0.2) is 4.79 Å². The SMILES string of the molecule is CSc1ccc(NC(=O)NCC(C)CCO)cc1. The van der Waals surface area contributed by atoms with Crippen LogP contribution in [-0.2, 0) is 0 Å². The lowest BCUT2D eigenvalue weighted by atomic mass is 10.1. The first kappa shape index (κ1) is 14.9. The molecule has 1 aromatic rings. The zero-order chi connectivity index (χ0) is 13.4. The second kappa shape index (κ2) is 8.00. The summed E-state index contributed by atoms with van der Waals surface area (Å²) in [6.45, 7) is 2.71. The van der Waals surface area contributed by atoms with Gasteiger partial charge in [0.25, 0.3) is 0 Å². The molecule has 1 atom stereocenters. The predicted molar refractivity (Wildman–Crippen MR) is 76.1 cm³/mol. The van der Waals surface area contributed by atoms with Crippen molar-refractivity contribution < 1.29 is 9.90 Å². The second-order valence-electron chi connectivity index (χ2n) is 4.18. The summed E-state index contributed by atoms with van der Waals surface area (Å²) in [5.41, 5.74) is 0.778. The van der Waals surface area contributed by atoms with Gasteiger partial charge in [-0.3, -0.25) is 0 Å². The topological polar surface area (TPSA) is 61.4 Å². The zero-order valence-electron chi connectivity index (χ0n) is 10.8. The lowest BCUT2D eigenvalue weighted by Crippen LogP contribution is -2.32. The predicted octanol–water partition coefficient (Wildman–Crippen LogP) is 2.55. The smallest absolute Gasteiger partial charge is 0.319 e. The van der Waals surface area contributed by atoms with Gasteiger partial charge >= 0.3 is 6.03 Å². The van der Waals surface area contributed by atoms with Gasteiger partial charge in [-0.05, 0) is 42.9 Å². The van der Waals surface area contributed by atoms with Crippen LogP contribution >= 0.6 is 11.8 Å². The Morgan fingerprint density at radius 3 is 2.61 bits per heavy atom. The number of hydrogen-bond donors (Lipinski definition) is 3. The highest BCUT2D eigenvalue weighted by Gasteiger charge is 2.05. The van der Waals surface area contributed by atoms with Crippen LogP contribution in [0.1, 0.15) is 13.3 Å². The maximum absolute atomic E-state index is 11.6. The number of hydrogen-bond acceptors (Lipinski definition) is 3. The van der Waals surface area contributed by atoms with E-state index in [1.54, 1.807) is 11.8 Å². The molecular formula is C13H20N2O2S. The first-order chi connectivity index (χ1) is 8.65. The van der Waals surface area contributed by atoms with Crippen molar-refractivity contribution in [1.29, 1.82) is 0 Å². The van der Waals surface area contributed by atoms with Gasteiger partial charge in [-0.2, -0.15) is 0 Å². The summed E-state index contributed by atoms with van der Waals surface area (Å²) >= 11 is 1.66. The van der Waals surface area contributed by atoms with E-state index in [4.69, 9.17) is 5.11 Å². The van der Waals surface area contributed by atoms with Crippen molar-refractivity contribution in [3.63, 3.8) is 0 Å². The Morgan fingerprint density at radius 2 is 2.06 bits per heavy atom. The van der Waals surface area contributed by atoms with Crippen LogP contribution in [0.15, 0.2) is 29.2 Å². The Bertz CT molecular complexity index is 368. The quantitative estimate of drug-likeness (QED) is 0.695. The lowest BCUT2D eigenvalue weighted by molar-refractivity contribution is 0.243. The van der Waals surface area contributed by atoms with Crippen LogP contribution in [-0.4, -0.2) is 30.5 Å². The molecule has 0 aliphatic heterocycles. The number of rotatable bonds is 6. The van der Waals surface area contributed by atoms with Gasteiger partial charge in [0.1, 0.15) is 0 Å². The van der Waals surface area contributed by atoms with Gasteiger partial charge in [0.05, 0.1) is 0 Å². The number of carbonyl (C=O) groups is 1. The minimum atomic E-state index is -0.211. The van der Waals surface area contributed by atoms with E-state index in [0.29, 0.717) is 13.0 Å². The van der Waals surface area contributed by atoms with Crippen LogP contribution in [0.3, 0.4) is 0 Å². The molecule has 100 valence electrons. The molecule has 0 saturated carbocycles. The molecule has 18 heavy (non-hydrogen) atoms. The molecule has 0 aliphatic rings. The highest BCUT2D eigenvalue weighted by molar-refractivity contribution is 7.98. The van der Waals surface area contributed by atoms with E-state index in [9.17, 15) is 4.79 Å². The summed E-state index contributed by atoms with van der Waals surface area (Å²) in [4.78, 5) is 12.8. The fraction of sp³-hybridized carbons (Fsp3) is 0.462. The van der Waals surface area contributed by atoms with Crippen LogP contribution in [0, 0.1) is 5.92 Å². The van der Waals surface area contributed by atoms with E-state index < -0.39 is 0 Å². The number of anilines is 1. The molecule has 0 aliphatic carbocycles. The van der Waals surface area contributed by atoms with E-state index in [2.05, 4.69) is 10.6 Å². The lowest BCUT2D eigenvalue weighted by Gasteiger charge is -2.12. The first-order valence-electron chi connectivity index (χ1n) is 5.95. The third-order valence-corrected chi connectivity index (χ3v) is 3.32. The number of aliphatic hydroxyl groups is 1. The molecule has 5 heteroatoms. The van der Waals surface area contributed by atoms with Gasteiger partial charge in [-0.1, -0.05) is 6.92 Å². The summed E-state index contributed by atoms with van der Waals surface area (Å²) in [5.74, 6) is 0.277. The van der Waals surface area contributed by atoms with Crippen molar-refractivity contribution in [2.75, 3.05) is 24.7 Å². The Kier molecular flexibility index (Phi) is 6.60. The number of amides is 2. The van der Waals surface area contributed by atoms with Crippen LogP contribution in [0.5, 0.6) is 0 Å². The van der Waals surface area contributed by atoms with Crippen molar-refractivity contribution >= 4 is 23.5 Å². The number of nitrogens with one attached hydrogen (secondary N) is 2. The van der Waals surface area contributed by atoms with Crippen LogP contribution in [0.2, 0.25) is 0 Å². The summed E-state index contributed by atoms with van der Waals surface area (Å²) in [6, 6.07) is 7.48. The van der Waals surface area contributed by atoms with Gasteiger partial charge in [0.15, 0.2) is 0 Å². The Labute approximate surface area is 112 Å². The van der Waals surface area contributed by atoms with Crippen molar-refractivity contribution in [3.8, 4) is 0 Å². The highest BCUT2D eigenvalue weighted by Crippen LogP contribution is 2.17. The molecule has 2 amide bonds. The molecular weight excluding hydrogens is 248 g/mol. The standard InChI is InChI=1S/C13H20N2O2S/c1-10(7-8-16)9-14-13(17)15-11-3-5-12(18-2)6-4-11/h3-6,10,16H,7-9H2,1-2H3,(H2,14,15,17). The van der Waals surface area contributed by atoms with E-state index >= 15 is 0 Å². The fourth-order valence-electron chi connectivity index (χ4n) is 1.44. The first-order valence-corrected chi connectivity index (χ1v) is 7.18. The molecule has 0 spiro atoms. The number of benzene rings is 1. The summed E-state index contributed by atoms with van der Waals surface area (Å²) < 4.78 is 0. The van der Waals surface area contributed by atoms with E-state index in [1.165, 1.54) is 0 Å². The average molecular weight is 268 g/mol. The second-order valence-corrected chi connectivity index (χ2v) is 5.06. The van der Waals surface area contributed by atoms with Gasteiger partial charge < -0.3 is 15.7 Å². The van der Waals surface area contributed by atoms with Crippen molar-refractivity contribution in [3.05, 3.63) is 24.3 Å². The van der Waals surface area contributed by atoms with Crippen molar-refractivity contribution in [2.45, 2.75) is 18.2 Å². The maximum atomic E-state index is 11.6. The molecule has 0 saturated heterocycles. The van der Waals surface area contributed by atoms with Gasteiger partial charge in [0.2, 0.25) is 0 Å². The molecule has 4 nitrogen and oxygen atoms in total. The Morgan fingerprint density at radius 1 is 1.39 bits per heavy atom. The minimum absolute atomic E-state index is 0.153. The zero-order valence-corrected chi connectivity index (χ0v) is 11.6. The van der Waals surface area contributed by atoms with Gasteiger partial charge in [-0.15, -0.1) is 11.8 Å². The van der Waals surface area contributed by atoms with Crippen LogP contribution < -0.4 is 10.6 Å². The fourth-order valence-corrected chi connectivity index (χ4v) is 1.85. The molecule has 0 aromatic heterocycles.